The molecule has 2 nitrogen and oxygen atoms in total. The highest BCUT2D eigenvalue weighted by Crippen LogP contribution is 2.26. The van der Waals surface area contributed by atoms with Gasteiger partial charge in [-0.25, -0.2) is 4.39 Å². The molecule has 0 aliphatic heterocycles. The van der Waals surface area contributed by atoms with Gasteiger partial charge in [0.2, 0.25) is 0 Å². The van der Waals surface area contributed by atoms with Crippen molar-refractivity contribution in [1.82, 2.24) is 4.98 Å². The van der Waals surface area contributed by atoms with Crippen molar-refractivity contribution in [3.8, 4) is 0 Å². The fourth-order valence-electron chi connectivity index (χ4n) is 1.53. The molecular formula is C11H12FNO. The van der Waals surface area contributed by atoms with Crippen LogP contribution in [-0.2, 0) is 6.67 Å². The number of nitrogens with zero attached hydrogens (tertiary/aromatic N) is 1. The summed E-state index contributed by atoms with van der Waals surface area (Å²) in [7, 11) is 0. The molecule has 14 heavy (non-hydrogen) atoms. The summed E-state index contributed by atoms with van der Waals surface area (Å²) in [5.74, 6) is 0.708. The number of rotatable bonds is 2. The zero-order chi connectivity index (χ0) is 10.1. The maximum absolute atomic E-state index is 12.4. The largest absolute Gasteiger partial charge is 0.456 e. The van der Waals surface area contributed by atoms with Crippen LogP contribution in [0.4, 0.5) is 4.39 Å². The maximum atomic E-state index is 12.4. The third-order valence-electron chi connectivity index (χ3n) is 2.25. The van der Waals surface area contributed by atoms with Gasteiger partial charge < -0.3 is 4.42 Å². The third kappa shape index (κ3) is 1.39. The summed E-state index contributed by atoms with van der Waals surface area (Å²) in [6, 6.07) is 3.57. The molecule has 0 aliphatic carbocycles. The summed E-state index contributed by atoms with van der Waals surface area (Å²) in [6.45, 7) is 3.58. The van der Waals surface area contributed by atoms with Crippen molar-refractivity contribution in [2.24, 2.45) is 0 Å². The first-order valence-electron chi connectivity index (χ1n) is 4.65. The second-order valence-electron chi connectivity index (χ2n) is 3.62. The SMILES string of the molecule is CC(C)c1ccnc2cc(CF)oc12. The van der Waals surface area contributed by atoms with Crippen LogP contribution in [0.2, 0.25) is 0 Å². The zero-order valence-electron chi connectivity index (χ0n) is 8.25. The minimum atomic E-state index is -0.576. The highest BCUT2D eigenvalue weighted by atomic mass is 19.1. The Morgan fingerprint density at radius 1 is 1.50 bits per heavy atom. The van der Waals surface area contributed by atoms with Crippen LogP contribution in [0.15, 0.2) is 22.7 Å². The molecule has 2 aromatic rings. The van der Waals surface area contributed by atoms with Crippen molar-refractivity contribution in [2.45, 2.75) is 26.4 Å². The molecule has 0 unspecified atom stereocenters. The van der Waals surface area contributed by atoms with Crippen LogP contribution in [0.1, 0.15) is 31.1 Å². The van der Waals surface area contributed by atoms with Gasteiger partial charge in [0.1, 0.15) is 18.0 Å². The standard InChI is InChI=1S/C11H12FNO/c1-7(2)9-3-4-13-10-5-8(6-12)14-11(9)10/h3-5,7H,6H2,1-2H3. The first-order valence-corrected chi connectivity index (χ1v) is 4.65. The van der Waals surface area contributed by atoms with E-state index in [0.29, 0.717) is 11.7 Å². The van der Waals surface area contributed by atoms with Gasteiger partial charge in [-0.2, -0.15) is 0 Å². The van der Waals surface area contributed by atoms with Crippen LogP contribution in [0.5, 0.6) is 0 Å². The normalized spacial score (nSPS) is 11.4. The van der Waals surface area contributed by atoms with E-state index in [9.17, 15) is 4.39 Å². The summed E-state index contributed by atoms with van der Waals surface area (Å²) < 4.78 is 17.7. The number of halogens is 1. The van der Waals surface area contributed by atoms with Gasteiger partial charge in [-0.15, -0.1) is 0 Å². The number of furan rings is 1. The molecule has 0 radical (unpaired) electrons. The van der Waals surface area contributed by atoms with Gasteiger partial charge in [0.05, 0.1) is 0 Å². The molecule has 0 amide bonds. The van der Waals surface area contributed by atoms with E-state index in [1.165, 1.54) is 0 Å². The van der Waals surface area contributed by atoms with E-state index in [1.807, 2.05) is 6.07 Å². The van der Waals surface area contributed by atoms with E-state index >= 15 is 0 Å². The zero-order valence-corrected chi connectivity index (χ0v) is 8.25. The van der Waals surface area contributed by atoms with Gasteiger partial charge in [0.25, 0.3) is 0 Å². The molecule has 0 atom stereocenters. The van der Waals surface area contributed by atoms with Crippen molar-refractivity contribution in [3.05, 3.63) is 29.7 Å². The fraction of sp³-hybridized carbons (Fsp3) is 0.364. The molecule has 0 spiro atoms. The summed E-state index contributed by atoms with van der Waals surface area (Å²) in [4.78, 5) is 4.13. The van der Waals surface area contributed by atoms with E-state index in [0.717, 1.165) is 16.7 Å². The molecule has 0 bridgehead atoms. The molecular weight excluding hydrogens is 181 g/mol. The summed E-state index contributed by atoms with van der Waals surface area (Å²) in [5.41, 5.74) is 2.54. The lowest BCUT2D eigenvalue weighted by molar-refractivity contribution is 0.406. The molecule has 0 saturated carbocycles. The lowest BCUT2D eigenvalue weighted by Gasteiger charge is -2.03. The van der Waals surface area contributed by atoms with Crippen molar-refractivity contribution in [2.75, 3.05) is 0 Å². The molecule has 2 rings (SSSR count). The van der Waals surface area contributed by atoms with E-state index in [-0.39, 0.29) is 0 Å². The van der Waals surface area contributed by atoms with Crippen molar-refractivity contribution >= 4 is 11.1 Å². The predicted molar refractivity (Wildman–Crippen MR) is 52.9 cm³/mol. The number of hydrogen-bond acceptors (Lipinski definition) is 2. The van der Waals surface area contributed by atoms with Gasteiger partial charge in [-0.3, -0.25) is 4.98 Å². The molecule has 2 heterocycles. The highest BCUT2D eigenvalue weighted by Gasteiger charge is 2.11. The van der Waals surface area contributed by atoms with Crippen LogP contribution in [0.25, 0.3) is 11.1 Å². The Morgan fingerprint density at radius 2 is 2.29 bits per heavy atom. The Kier molecular flexibility index (Phi) is 2.23. The molecule has 0 aromatic carbocycles. The van der Waals surface area contributed by atoms with Gasteiger partial charge in [-0.1, -0.05) is 13.8 Å². The molecule has 3 heteroatoms. The van der Waals surface area contributed by atoms with Gasteiger partial charge in [0, 0.05) is 17.8 Å². The number of alkyl halides is 1. The predicted octanol–water partition coefficient (Wildman–Crippen LogP) is 3.42. The molecule has 0 fully saturated rings. The first-order chi connectivity index (χ1) is 6.72. The summed E-state index contributed by atoms with van der Waals surface area (Å²) in [5, 5.41) is 0. The molecule has 0 N–H and O–H groups in total. The van der Waals surface area contributed by atoms with Crippen molar-refractivity contribution in [1.29, 1.82) is 0 Å². The van der Waals surface area contributed by atoms with Gasteiger partial charge >= 0.3 is 0 Å². The lowest BCUT2D eigenvalue weighted by atomic mass is 10.0. The Balaban J connectivity index is 2.66. The van der Waals surface area contributed by atoms with E-state index in [1.54, 1.807) is 12.3 Å². The second kappa shape index (κ2) is 3.40. The smallest absolute Gasteiger partial charge is 0.156 e. The van der Waals surface area contributed by atoms with Crippen molar-refractivity contribution in [3.63, 3.8) is 0 Å². The number of fused-ring (bicyclic) bond motifs is 1. The summed E-state index contributed by atoms with van der Waals surface area (Å²) in [6.07, 6.45) is 1.73. The minimum Gasteiger partial charge on any atom is -0.456 e. The van der Waals surface area contributed by atoms with Crippen LogP contribution >= 0.6 is 0 Å². The van der Waals surface area contributed by atoms with Crippen LogP contribution in [-0.4, -0.2) is 4.98 Å². The topological polar surface area (TPSA) is 26.0 Å². The number of aromatic nitrogens is 1. The molecule has 2 aromatic heterocycles. The average Bonchev–Trinajstić information content (AvgIpc) is 2.59. The number of pyridine rings is 1. The number of hydrogen-bond donors (Lipinski definition) is 0. The molecule has 74 valence electrons. The Bertz CT molecular complexity index is 447. The Morgan fingerprint density at radius 3 is 2.93 bits per heavy atom. The van der Waals surface area contributed by atoms with Gasteiger partial charge in [-0.05, 0) is 12.0 Å². The average molecular weight is 193 g/mol. The van der Waals surface area contributed by atoms with Crippen molar-refractivity contribution < 1.29 is 8.81 Å². The first kappa shape index (κ1) is 9.19. The lowest BCUT2D eigenvalue weighted by Crippen LogP contribution is -1.88. The maximum Gasteiger partial charge on any atom is 0.156 e. The monoisotopic (exact) mass is 193 g/mol. The van der Waals surface area contributed by atoms with Crippen LogP contribution in [0, 0.1) is 0 Å². The highest BCUT2D eigenvalue weighted by molar-refractivity contribution is 5.77. The van der Waals surface area contributed by atoms with Crippen LogP contribution < -0.4 is 0 Å². The fourth-order valence-corrected chi connectivity index (χ4v) is 1.53. The molecule has 0 saturated heterocycles. The summed E-state index contributed by atoms with van der Waals surface area (Å²) >= 11 is 0. The quantitative estimate of drug-likeness (QED) is 0.730. The van der Waals surface area contributed by atoms with E-state index in [4.69, 9.17) is 4.42 Å². The van der Waals surface area contributed by atoms with Gasteiger partial charge in [0.15, 0.2) is 5.58 Å². The third-order valence-corrected chi connectivity index (χ3v) is 2.25. The Hall–Kier alpha value is -1.38. The molecule has 0 aliphatic rings. The van der Waals surface area contributed by atoms with Crippen LogP contribution in [0.3, 0.4) is 0 Å². The minimum absolute atomic E-state index is 0.348. The Labute approximate surface area is 81.8 Å². The second-order valence-corrected chi connectivity index (χ2v) is 3.62. The van der Waals surface area contributed by atoms with E-state index in [2.05, 4.69) is 18.8 Å². The van der Waals surface area contributed by atoms with E-state index < -0.39 is 6.67 Å².